The Labute approximate surface area is 174 Å². The number of esters is 2. The highest BCUT2D eigenvalue weighted by atomic mass is 16.5. The SMILES string of the molecule is COCCC(C)CC=C[C@H]1CCC(=O)[C@@H]1CCCCC(=CC(=O)OC)OC(C)=O. The van der Waals surface area contributed by atoms with Crippen molar-refractivity contribution in [1.29, 1.82) is 0 Å². The van der Waals surface area contributed by atoms with Crippen LogP contribution in [0.2, 0.25) is 0 Å². The van der Waals surface area contributed by atoms with E-state index in [1.54, 1.807) is 7.11 Å². The third-order valence-electron chi connectivity index (χ3n) is 5.33. The molecule has 0 aliphatic heterocycles. The van der Waals surface area contributed by atoms with Crippen LogP contribution in [0.5, 0.6) is 0 Å². The van der Waals surface area contributed by atoms with E-state index in [1.807, 2.05) is 0 Å². The fraction of sp³-hybridized carbons (Fsp3) is 0.696. The molecular formula is C23H36O6. The molecule has 0 aromatic rings. The molecule has 0 bridgehead atoms. The first-order valence-corrected chi connectivity index (χ1v) is 10.5. The lowest BCUT2D eigenvalue weighted by Crippen LogP contribution is -2.13. The van der Waals surface area contributed by atoms with Gasteiger partial charge in [0.1, 0.15) is 11.5 Å². The number of Topliss-reactive ketones (excluding diaryl/α,β-unsaturated/α-hetero) is 1. The summed E-state index contributed by atoms with van der Waals surface area (Å²) in [5.41, 5.74) is 0. The monoisotopic (exact) mass is 408 g/mol. The van der Waals surface area contributed by atoms with Gasteiger partial charge in [0.2, 0.25) is 0 Å². The Morgan fingerprint density at radius 2 is 2.00 bits per heavy atom. The summed E-state index contributed by atoms with van der Waals surface area (Å²) in [6.07, 6.45) is 12.1. The van der Waals surface area contributed by atoms with Gasteiger partial charge >= 0.3 is 11.9 Å². The number of carbonyl (C=O) groups is 3. The van der Waals surface area contributed by atoms with Crippen molar-refractivity contribution in [2.24, 2.45) is 17.8 Å². The van der Waals surface area contributed by atoms with Crippen LogP contribution in [0.15, 0.2) is 24.0 Å². The van der Waals surface area contributed by atoms with Gasteiger partial charge in [-0.15, -0.1) is 0 Å². The minimum absolute atomic E-state index is 0.0716. The second-order valence-electron chi connectivity index (χ2n) is 7.80. The predicted octanol–water partition coefficient (Wildman–Crippen LogP) is 4.38. The highest BCUT2D eigenvalue weighted by Gasteiger charge is 2.32. The number of ether oxygens (including phenoxy) is 3. The minimum Gasteiger partial charge on any atom is -0.466 e. The highest BCUT2D eigenvalue weighted by Crippen LogP contribution is 2.34. The second kappa shape index (κ2) is 14.1. The van der Waals surface area contributed by atoms with Gasteiger partial charge in [-0.25, -0.2) is 4.79 Å². The van der Waals surface area contributed by atoms with Gasteiger partial charge in [-0.2, -0.15) is 0 Å². The maximum absolute atomic E-state index is 12.3. The van der Waals surface area contributed by atoms with Gasteiger partial charge in [0.15, 0.2) is 0 Å². The normalized spacial score (nSPS) is 20.8. The van der Waals surface area contributed by atoms with Crippen molar-refractivity contribution >= 4 is 17.7 Å². The van der Waals surface area contributed by atoms with Crippen LogP contribution in [0.1, 0.15) is 65.2 Å². The van der Waals surface area contributed by atoms with Crippen LogP contribution in [0, 0.1) is 17.8 Å². The van der Waals surface area contributed by atoms with Crippen LogP contribution in [-0.2, 0) is 28.6 Å². The molecule has 6 nitrogen and oxygen atoms in total. The smallest absolute Gasteiger partial charge is 0.333 e. The molecule has 1 unspecified atom stereocenters. The maximum atomic E-state index is 12.3. The van der Waals surface area contributed by atoms with Crippen molar-refractivity contribution < 1.29 is 28.6 Å². The number of methoxy groups -OCH3 is 2. The average molecular weight is 409 g/mol. The van der Waals surface area contributed by atoms with Crippen LogP contribution in [0.3, 0.4) is 0 Å². The van der Waals surface area contributed by atoms with E-state index in [0.717, 1.165) is 45.1 Å². The molecule has 0 aromatic carbocycles. The van der Waals surface area contributed by atoms with Gasteiger partial charge in [0.25, 0.3) is 0 Å². The summed E-state index contributed by atoms with van der Waals surface area (Å²) < 4.78 is 14.8. The summed E-state index contributed by atoms with van der Waals surface area (Å²) in [5.74, 6) is 0.607. The third kappa shape index (κ3) is 10.4. The number of hydrogen-bond acceptors (Lipinski definition) is 6. The molecule has 29 heavy (non-hydrogen) atoms. The first-order valence-electron chi connectivity index (χ1n) is 10.5. The van der Waals surface area contributed by atoms with Gasteiger partial charge in [-0.05, 0) is 43.9 Å². The summed E-state index contributed by atoms with van der Waals surface area (Å²) >= 11 is 0. The lowest BCUT2D eigenvalue weighted by atomic mass is 9.89. The fourth-order valence-corrected chi connectivity index (χ4v) is 3.65. The van der Waals surface area contributed by atoms with Crippen molar-refractivity contribution in [3.63, 3.8) is 0 Å². The van der Waals surface area contributed by atoms with Gasteiger partial charge in [-0.3, -0.25) is 9.59 Å². The lowest BCUT2D eigenvalue weighted by Gasteiger charge is -2.15. The summed E-state index contributed by atoms with van der Waals surface area (Å²) in [6, 6.07) is 0. The van der Waals surface area contributed by atoms with E-state index in [2.05, 4.69) is 23.8 Å². The summed E-state index contributed by atoms with van der Waals surface area (Å²) in [5, 5.41) is 0. The molecule has 0 radical (unpaired) electrons. The third-order valence-corrected chi connectivity index (χ3v) is 5.33. The van der Waals surface area contributed by atoms with Gasteiger partial charge in [-0.1, -0.05) is 25.5 Å². The molecule has 3 atom stereocenters. The van der Waals surface area contributed by atoms with E-state index in [9.17, 15) is 14.4 Å². The van der Waals surface area contributed by atoms with Crippen LogP contribution in [-0.4, -0.2) is 38.5 Å². The molecule has 1 rings (SSSR count). The molecule has 0 saturated heterocycles. The standard InChI is InChI=1S/C23H36O6/c1-17(14-15-27-3)8-7-9-19-12-13-22(25)21(19)11-6-5-10-20(29-18(2)24)16-23(26)28-4/h7,9,16-17,19,21H,5-6,8,10-15H2,1-4H3/t17?,19-,21+/m0/s1. The molecule has 1 fully saturated rings. The first-order chi connectivity index (χ1) is 13.9. The number of hydrogen-bond donors (Lipinski definition) is 0. The van der Waals surface area contributed by atoms with Crippen LogP contribution >= 0.6 is 0 Å². The van der Waals surface area contributed by atoms with E-state index < -0.39 is 11.9 Å². The Morgan fingerprint density at radius 3 is 2.66 bits per heavy atom. The Morgan fingerprint density at radius 1 is 1.24 bits per heavy atom. The van der Waals surface area contributed by atoms with E-state index in [-0.39, 0.29) is 5.92 Å². The molecule has 1 aliphatic carbocycles. The zero-order valence-electron chi connectivity index (χ0n) is 18.3. The van der Waals surface area contributed by atoms with E-state index in [1.165, 1.54) is 20.1 Å². The van der Waals surface area contributed by atoms with Crippen molar-refractivity contribution in [1.82, 2.24) is 0 Å². The zero-order chi connectivity index (χ0) is 21.6. The van der Waals surface area contributed by atoms with Crippen molar-refractivity contribution in [3.05, 3.63) is 24.0 Å². The molecular weight excluding hydrogens is 372 g/mol. The molecule has 0 N–H and O–H groups in total. The summed E-state index contributed by atoms with van der Waals surface area (Å²) in [6.45, 7) is 4.29. The number of carbonyl (C=O) groups excluding carboxylic acids is 3. The lowest BCUT2D eigenvalue weighted by molar-refractivity contribution is -0.137. The largest absolute Gasteiger partial charge is 0.466 e. The van der Waals surface area contributed by atoms with Crippen molar-refractivity contribution in [2.45, 2.75) is 65.2 Å². The number of rotatable bonds is 13. The predicted molar refractivity (Wildman–Crippen MR) is 111 cm³/mol. The molecule has 0 amide bonds. The molecule has 0 spiro atoms. The number of unbranched alkanes of at least 4 members (excludes halogenated alkanes) is 1. The van der Waals surface area contributed by atoms with Gasteiger partial charge < -0.3 is 14.2 Å². The van der Waals surface area contributed by atoms with Crippen LogP contribution in [0.4, 0.5) is 0 Å². The van der Waals surface area contributed by atoms with Crippen LogP contribution in [0.25, 0.3) is 0 Å². The Kier molecular flexibility index (Phi) is 12.2. The average Bonchev–Trinajstić information content (AvgIpc) is 3.02. The molecule has 0 heterocycles. The second-order valence-corrected chi connectivity index (χ2v) is 7.80. The van der Waals surface area contributed by atoms with Crippen molar-refractivity contribution in [2.75, 3.05) is 20.8 Å². The molecule has 6 heteroatoms. The quantitative estimate of drug-likeness (QED) is 0.148. The topological polar surface area (TPSA) is 78.9 Å². The first kappa shape index (κ1) is 25.1. The Balaban J connectivity index is 2.47. The van der Waals surface area contributed by atoms with E-state index in [0.29, 0.717) is 36.2 Å². The summed E-state index contributed by atoms with van der Waals surface area (Å²) in [4.78, 5) is 34.9. The van der Waals surface area contributed by atoms with E-state index in [4.69, 9.17) is 9.47 Å². The van der Waals surface area contributed by atoms with Crippen molar-refractivity contribution in [3.8, 4) is 0 Å². The molecule has 1 aliphatic rings. The Hall–Kier alpha value is -1.95. The van der Waals surface area contributed by atoms with E-state index >= 15 is 0 Å². The maximum Gasteiger partial charge on any atom is 0.333 e. The summed E-state index contributed by atoms with van der Waals surface area (Å²) in [7, 11) is 3.00. The highest BCUT2D eigenvalue weighted by molar-refractivity contribution is 5.84. The van der Waals surface area contributed by atoms with Gasteiger partial charge in [0, 0.05) is 39.4 Å². The number of ketones is 1. The van der Waals surface area contributed by atoms with Gasteiger partial charge in [0.05, 0.1) is 13.2 Å². The minimum atomic E-state index is -0.544. The van der Waals surface area contributed by atoms with Crippen LogP contribution < -0.4 is 0 Å². The number of allylic oxidation sites excluding steroid dienone is 3. The molecule has 0 aromatic heterocycles. The molecule has 1 saturated carbocycles. The fourth-order valence-electron chi connectivity index (χ4n) is 3.65. The molecule has 164 valence electrons. The Bertz CT molecular complexity index is 592. The zero-order valence-corrected chi connectivity index (χ0v) is 18.3.